The summed E-state index contributed by atoms with van der Waals surface area (Å²) in [5, 5.41) is 12.2. The summed E-state index contributed by atoms with van der Waals surface area (Å²) in [4.78, 5) is 31.2. The van der Waals surface area contributed by atoms with Crippen molar-refractivity contribution in [2.24, 2.45) is 0 Å². The molecule has 3 aliphatic heterocycles. The van der Waals surface area contributed by atoms with Crippen LogP contribution >= 0.6 is 0 Å². The van der Waals surface area contributed by atoms with Crippen LogP contribution in [0.1, 0.15) is 25.7 Å². The molecule has 44 heavy (non-hydrogen) atoms. The number of aromatic hydroxyl groups is 1. The minimum atomic E-state index is -0.636. The molecule has 3 aliphatic rings. The van der Waals surface area contributed by atoms with E-state index in [-0.39, 0.29) is 34.9 Å². The van der Waals surface area contributed by atoms with E-state index in [0.717, 1.165) is 30.2 Å². The molecule has 1 N–H and O–H groups in total. The Hall–Kier alpha value is -4.38. The summed E-state index contributed by atoms with van der Waals surface area (Å²) in [7, 11) is 3.27. The maximum atomic E-state index is 16.0. The van der Waals surface area contributed by atoms with Crippen molar-refractivity contribution in [3.8, 4) is 23.0 Å². The highest BCUT2D eigenvalue weighted by Crippen LogP contribution is 2.37. The maximum Gasteiger partial charge on any atom is 0.318 e. The van der Waals surface area contributed by atoms with Gasteiger partial charge in [0, 0.05) is 50.5 Å². The summed E-state index contributed by atoms with van der Waals surface area (Å²) in [5.74, 6) is -0.283. The molecule has 1 amide bonds. The van der Waals surface area contributed by atoms with Gasteiger partial charge in [0.05, 0.1) is 12.5 Å². The quantitative estimate of drug-likeness (QED) is 0.315. The van der Waals surface area contributed by atoms with E-state index in [2.05, 4.69) is 26.4 Å². The van der Waals surface area contributed by atoms with Gasteiger partial charge in [0.15, 0.2) is 5.82 Å². The Balaban J connectivity index is 0.000000323. The number of likely N-dealkylation sites (tertiary alicyclic amines) is 1. The lowest BCUT2D eigenvalue weighted by atomic mass is 10.0. The molecule has 11 heteroatoms. The van der Waals surface area contributed by atoms with Crippen LogP contribution in [0.4, 0.5) is 14.6 Å². The summed E-state index contributed by atoms with van der Waals surface area (Å²) in [5.41, 5.74) is 0.595. The second-order valence-corrected chi connectivity index (χ2v) is 11.6. The molecule has 2 aromatic heterocycles. The van der Waals surface area contributed by atoms with Gasteiger partial charge in [0.1, 0.15) is 28.9 Å². The Morgan fingerprint density at radius 3 is 2.75 bits per heavy atom. The van der Waals surface area contributed by atoms with Crippen LogP contribution in [-0.4, -0.2) is 94.4 Å². The largest absolute Gasteiger partial charge is 0.508 e. The normalized spacial score (nSPS) is 21.3. The molecule has 3 atom stereocenters. The number of pyridine rings is 1. The van der Waals surface area contributed by atoms with E-state index in [0.29, 0.717) is 42.4 Å². The van der Waals surface area contributed by atoms with Gasteiger partial charge in [-0.2, -0.15) is 9.97 Å². The number of anilines is 1. The van der Waals surface area contributed by atoms with Crippen LogP contribution in [0.3, 0.4) is 0 Å². The third kappa shape index (κ3) is 5.63. The molecular formula is C33H36F2N6O3. The predicted molar refractivity (Wildman–Crippen MR) is 166 cm³/mol. The first-order chi connectivity index (χ1) is 21.3. The van der Waals surface area contributed by atoms with Gasteiger partial charge in [-0.1, -0.05) is 30.8 Å². The number of ether oxygens (including phenoxy) is 1. The SMILES string of the molecule is C=CC(=O)N1CCC(N(C)c2nc(OC)nc3c(F)c(-c4cc(O)cc5ccccc45)ncc23)C1.FC1CC2CCCN2C1. The van der Waals surface area contributed by atoms with Gasteiger partial charge in [0.2, 0.25) is 5.91 Å². The molecule has 0 saturated carbocycles. The fourth-order valence-corrected chi connectivity index (χ4v) is 6.65. The number of carbonyl (C=O) groups is 1. The first kappa shape index (κ1) is 29.7. The van der Waals surface area contributed by atoms with Crippen LogP contribution in [-0.2, 0) is 4.79 Å². The van der Waals surface area contributed by atoms with E-state index in [9.17, 15) is 14.3 Å². The number of phenols is 1. The van der Waals surface area contributed by atoms with Crippen LogP contribution in [0.5, 0.6) is 11.8 Å². The topological polar surface area (TPSA) is 94.9 Å². The Kier molecular flexibility index (Phi) is 8.31. The third-order valence-electron chi connectivity index (χ3n) is 8.92. The van der Waals surface area contributed by atoms with Crippen molar-refractivity contribution in [3.05, 3.63) is 61.1 Å². The van der Waals surface area contributed by atoms with Crippen LogP contribution in [0, 0.1) is 5.82 Å². The van der Waals surface area contributed by atoms with E-state index >= 15 is 4.39 Å². The third-order valence-corrected chi connectivity index (χ3v) is 8.92. The van der Waals surface area contributed by atoms with E-state index in [4.69, 9.17) is 4.74 Å². The average molecular weight is 603 g/mol. The van der Waals surface area contributed by atoms with Gasteiger partial charge in [-0.15, -0.1) is 0 Å². The number of amides is 1. The van der Waals surface area contributed by atoms with Gasteiger partial charge in [-0.05, 0) is 61.2 Å². The van der Waals surface area contributed by atoms with Gasteiger partial charge >= 0.3 is 6.01 Å². The number of hydrogen-bond donors (Lipinski definition) is 1. The van der Waals surface area contributed by atoms with Gasteiger partial charge < -0.3 is 19.6 Å². The zero-order valence-electron chi connectivity index (χ0n) is 24.9. The fourth-order valence-electron chi connectivity index (χ4n) is 6.65. The number of aromatic nitrogens is 3. The van der Waals surface area contributed by atoms with Crippen molar-refractivity contribution in [1.29, 1.82) is 0 Å². The standard InChI is InChI=1S/C26H24FN5O3.C7H12FN/c1-4-21(34)32-10-9-16(14-32)31(2)25-20-13-28-23(22(27)24(20)29-26(30-25)35-3)19-12-17(33)11-15-7-5-6-8-18(15)19;8-6-4-7-2-1-3-9(7)5-6/h4-8,11-13,16,33H,1,9-10,14H2,2-3H3;6-7H,1-5H2. The average Bonchev–Trinajstić information content (AvgIpc) is 3.77. The molecule has 230 valence electrons. The number of benzene rings is 2. The molecule has 9 nitrogen and oxygen atoms in total. The highest BCUT2D eigenvalue weighted by Gasteiger charge is 2.35. The summed E-state index contributed by atoms with van der Waals surface area (Å²) >= 11 is 0. The van der Waals surface area contributed by atoms with Gasteiger partial charge in [0.25, 0.3) is 0 Å². The van der Waals surface area contributed by atoms with Crippen LogP contribution in [0.15, 0.2) is 55.3 Å². The predicted octanol–water partition coefficient (Wildman–Crippen LogP) is 5.11. The zero-order chi connectivity index (χ0) is 31.0. The van der Waals surface area contributed by atoms with Crippen molar-refractivity contribution in [1.82, 2.24) is 24.8 Å². The maximum absolute atomic E-state index is 16.0. The summed E-state index contributed by atoms with van der Waals surface area (Å²) < 4.78 is 33.9. The Morgan fingerprint density at radius 2 is 1.98 bits per heavy atom. The molecule has 0 radical (unpaired) electrons. The van der Waals surface area contributed by atoms with Crippen LogP contribution in [0.2, 0.25) is 0 Å². The number of alkyl halides is 1. The Bertz CT molecular complexity index is 1710. The van der Waals surface area contributed by atoms with Crippen LogP contribution in [0.25, 0.3) is 32.9 Å². The van der Waals surface area contributed by atoms with E-state index in [1.54, 1.807) is 17.2 Å². The van der Waals surface area contributed by atoms with Crippen LogP contribution < -0.4 is 9.64 Å². The van der Waals surface area contributed by atoms with E-state index in [1.165, 1.54) is 32.1 Å². The summed E-state index contributed by atoms with van der Waals surface area (Å²) in [6, 6.07) is 11.1. The van der Waals surface area contributed by atoms with Crippen molar-refractivity contribution < 1.29 is 23.4 Å². The monoisotopic (exact) mass is 602 g/mol. The number of hydrogen-bond acceptors (Lipinski definition) is 8. The molecule has 0 spiro atoms. The van der Waals surface area contributed by atoms with Crippen molar-refractivity contribution in [3.63, 3.8) is 0 Å². The molecule has 5 heterocycles. The molecule has 0 bridgehead atoms. The highest BCUT2D eigenvalue weighted by atomic mass is 19.1. The molecule has 2 aromatic carbocycles. The summed E-state index contributed by atoms with van der Waals surface area (Å²) in [6.07, 6.45) is 6.39. The van der Waals surface area contributed by atoms with Crippen molar-refractivity contribution in [2.45, 2.75) is 43.9 Å². The Morgan fingerprint density at radius 1 is 1.16 bits per heavy atom. The number of carbonyl (C=O) groups excluding carboxylic acids is 1. The highest BCUT2D eigenvalue weighted by molar-refractivity contribution is 6.00. The van der Waals surface area contributed by atoms with Crippen molar-refractivity contribution in [2.75, 3.05) is 45.2 Å². The van der Waals surface area contributed by atoms with Gasteiger partial charge in [-0.25, -0.2) is 8.78 Å². The number of likely N-dealkylation sites (N-methyl/N-ethyl adjacent to an activating group) is 1. The number of halogens is 2. The molecule has 7 rings (SSSR count). The summed E-state index contributed by atoms with van der Waals surface area (Å²) in [6.45, 7) is 6.51. The second kappa shape index (κ2) is 12.3. The lowest BCUT2D eigenvalue weighted by Crippen LogP contribution is -2.36. The number of rotatable bonds is 5. The second-order valence-electron chi connectivity index (χ2n) is 11.6. The molecular weight excluding hydrogens is 566 g/mol. The molecule has 3 saturated heterocycles. The number of nitrogens with zero attached hydrogens (tertiary/aromatic N) is 6. The molecule has 3 fully saturated rings. The number of methoxy groups -OCH3 is 1. The zero-order valence-corrected chi connectivity index (χ0v) is 24.9. The lowest BCUT2D eigenvalue weighted by Gasteiger charge is -2.27. The smallest absolute Gasteiger partial charge is 0.318 e. The minimum Gasteiger partial charge on any atom is -0.508 e. The van der Waals surface area contributed by atoms with Gasteiger partial charge in [-0.3, -0.25) is 14.7 Å². The first-order valence-corrected chi connectivity index (χ1v) is 14.9. The minimum absolute atomic E-state index is 0.0144. The Labute approximate surface area is 254 Å². The fraction of sp³-hybridized carbons (Fsp3) is 0.394. The number of phenolic OH excluding ortho intramolecular Hbond substituents is 1. The lowest BCUT2D eigenvalue weighted by molar-refractivity contribution is -0.125. The van der Waals surface area contributed by atoms with Crippen molar-refractivity contribution >= 4 is 33.4 Å². The van der Waals surface area contributed by atoms with E-state index < -0.39 is 12.0 Å². The molecule has 4 aromatic rings. The van der Waals surface area contributed by atoms with E-state index in [1.807, 2.05) is 36.2 Å². The molecule has 0 aliphatic carbocycles. The number of fused-ring (bicyclic) bond motifs is 3. The first-order valence-electron chi connectivity index (χ1n) is 14.9. The molecule has 3 unspecified atom stereocenters.